The molecule has 0 unspecified atom stereocenters. The number of rotatable bonds is 0. The fraction of sp³-hybridized carbons (Fsp3) is 0.545. The van der Waals surface area contributed by atoms with E-state index in [0.29, 0.717) is 0 Å². The minimum absolute atomic E-state index is 1.11. The Morgan fingerprint density at radius 1 is 1.29 bits per heavy atom. The van der Waals surface area contributed by atoms with Gasteiger partial charge in [0.05, 0.1) is 14.1 Å². The minimum Gasteiger partial charge on any atom is -0.496 e. The van der Waals surface area contributed by atoms with E-state index in [1.807, 2.05) is 31.9 Å². The Kier molecular flexibility index (Phi) is 3.74. The van der Waals surface area contributed by atoms with Gasteiger partial charge in [-0.15, -0.1) is 0 Å². The van der Waals surface area contributed by atoms with Gasteiger partial charge in [-0.05, 0) is 18.9 Å². The van der Waals surface area contributed by atoms with Gasteiger partial charge in [0, 0.05) is 0 Å². The molecular weight excluding hydrogens is 174 g/mol. The van der Waals surface area contributed by atoms with Crippen molar-refractivity contribution in [2.45, 2.75) is 26.7 Å². The monoisotopic (exact) mass is 193 g/mol. The average Bonchev–Trinajstić information content (AvgIpc) is 2.20. The van der Waals surface area contributed by atoms with Crippen LogP contribution in [-0.4, -0.2) is 30.0 Å². The van der Waals surface area contributed by atoms with Crippen LogP contribution >= 0.6 is 0 Å². The van der Waals surface area contributed by atoms with Crippen LogP contribution in [0.3, 0.4) is 0 Å². The molecule has 3 nitrogen and oxygen atoms in total. The van der Waals surface area contributed by atoms with E-state index in [1.54, 1.807) is 0 Å². The minimum atomic E-state index is 1.11. The van der Waals surface area contributed by atoms with Crippen molar-refractivity contribution in [1.82, 2.24) is 4.90 Å². The van der Waals surface area contributed by atoms with Crippen molar-refractivity contribution in [2.75, 3.05) is 14.1 Å². The molecule has 0 spiro atoms. The predicted octanol–water partition coefficient (Wildman–Crippen LogP) is 2.48. The molecular formula is C11H19N3. The van der Waals surface area contributed by atoms with Gasteiger partial charge in [0.2, 0.25) is 6.34 Å². The Labute approximate surface area is 86.4 Å². The van der Waals surface area contributed by atoms with Crippen LogP contribution in [-0.2, 0) is 0 Å². The van der Waals surface area contributed by atoms with E-state index in [0.717, 1.165) is 18.5 Å². The summed E-state index contributed by atoms with van der Waals surface area (Å²) in [5.74, 6) is 0. The second-order valence-corrected chi connectivity index (χ2v) is 3.16. The third-order valence-corrected chi connectivity index (χ3v) is 2.09. The van der Waals surface area contributed by atoms with E-state index in [4.69, 9.17) is 0 Å². The molecule has 0 saturated heterocycles. The molecule has 0 aromatic carbocycles. The summed E-state index contributed by atoms with van der Waals surface area (Å²) in [4.78, 5) is 2.11. The lowest BCUT2D eigenvalue weighted by Gasteiger charge is -2.33. The summed E-state index contributed by atoms with van der Waals surface area (Å²) in [6.07, 6.45) is 8.66. The largest absolute Gasteiger partial charge is 0.496 e. The number of allylic oxidation sites excluding steroid dienone is 2. The average molecular weight is 193 g/mol. The van der Waals surface area contributed by atoms with E-state index >= 15 is 0 Å². The first-order valence-corrected chi connectivity index (χ1v) is 5.20. The summed E-state index contributed by atoms with van der Waals surface area (Å²) in [5, 5.41) is 0. The lowest BCUT2D eigenvalue weighted by molar-refractivity contribution is -0.443. The summed E-state index contributed by atoms with van der Waals surface area (Å²) in [6.45, 7) is 4.00. The second kappa shape index (κ2) is 4.84. The number of hydrogen-bond donors (Lipinski definition) is 0. The summed E-state index contributed by atoms with van der Waals surface area (Å²) in [7, 11) is 4.00. The number of nitrogens with zero attached hydrogens (tertiary/aromatic N) is 3. The lowest BCUT2D eigenvalue weighted by atomic mass is 10.1. The fourth-order valence-corrected chi connectivity index (χ4v) is 1.57. The molecule has 2 aliphatic rings. The van der Waals surface area contributed by atoms with Crippen molar-refractivity contribution in [3.63, 3.8) is 0 Å². The normalized spacial score (nSPS) is 19.1. The van der Waals surface area contributed by atoms with Crippen molar-refractivity contribution in [2.24, 2.45) is 0 Å². The van der Waals surface area contributed by atoms with Crippen molar-refractivity contribution >= 4 is 6.34 Å². The topological polar surface area (TPSA) is 20.4 Å². The molecule has 14 heavy (non-hydrogen) atoms. The maximum absolute atomic E-state index is 4.38. The Hall–Kier alpha value is -1.25. The van der Waals surface area contributed by atoms with Crippen molar-refractivity contribution in [1.29, 1.82) is 0 Å². The molecule has 0 bridgehead atoms. The first kappa shape index (κ1) is 10.8. The molecule has 0 aromatic rings. The smallest absolute Gasteiger partial charge is 0.229 e. The molecule has 78 valence electrons. The van der Waals surface area contributed by atoms with Gasteiger partial charge in [0.15, 0.2) is 0 Å². The standard InChI is InChI=1S/C9H13N3.C2H6/c1-11-7-12(2)10-8-5-3-4-6-9(8)11;1-2/h5-7H,3-4H2,1-2H3;1-2H3. The maximum Gasteiger partial charge on any atom is 0.229 e. The fourth-order valence-electron chi connectivity index (χ4n) is 1.57. The highest BCUT2D eigenvalue weighted by Crippen LogP contribution is 2.27. The number of likely N-dealkylation sites (N-methyl/N-ethyl adjacent to an activating group) is 1. The molecule has 1 aliphatic heterocycles. The zero-order valence-electron chi connectivity index (χ0n) is 9.49. The molecule has 0 atom stereocenters. The second-order valence-electron chi connectivity index (χ2n) is 3.16. The van der Waals surface area contributed by atoms with Gasteiger partial charge in [-0.3, -0.25) is 0 Å². The summed E-state index contributed by atoms with van der Waals surface area (Å²) < 4.78 is 1.84. The van der Waals surface area contributed by atoms with Crippen LogP contribution in [0.15, 0.2) is 23.5 Å². The van der Waals surface area contributed by atoms with Gasteiger partial charge in [-0.2, -0.15) is 0 Å². The Morgan fingerprint density at radius 3 is 2.64 bits per heavy atom. The van der Waals surface area contributed by atoms with Crippen LogP contribution in [0.1, 0.15) is 26.7 Å². The molecule has 2 rings (SSSR count). The van der Waals surface area contributed by atoms with Gasteiger partial charge in [-0.25, -0.2) is 4.90 Å². The van der Waals surface area contributed by atoms with Crippen LogP contribution in [0, 0.1) is 0 Å². The van der Waals surface area contributed by atoms with E-state index in [2.05, 4.69) is 29.5 Å². The van der Waals surface area contributed by atoms with Gasteiger partial charge < -0.3 is 10.1 Å². The highest BCUT2D eigenvalue weighted by molar-refractivity contribution is 5.60. The van der Waals surface area contributed by atoms with E-state index < -0.39 is 0 Å². The molecule has 0 N–H and O–H groups in total. The Morgan fingerprint density at radius 2 is 1.93 bits per heavy atom. The summed E-state index contributed by atoms with van der Waals surface area (Å²) >= 11 is 0. The molecule has 1 heterocycles. The summed E-state index contributed by atoms with van der Waals surface area (Å²) in [5.41, 5.74) is 6.72. The Balaban J connectivity index is 0.000000461. The third kappa shape index (κ3) is 2.16. The van der Waals surface area contributed by atoms with E-state index in [-0.39, 0.29) is 0 Å². The first-order chi connectivity index (χ1) is 6.77. The van der Waals surface area contributed by atoms with Crippen LogP contribution < -0.4 is 0 Å². The Bertz CT molecular complexity index is 287. The molecule has 0 radical (unpaired) electrons. The van der Waals surface area contributed by atoms with Gasteiger partial charge in [-0.1, -0.05) is 25.6 Å². The highest BCUT2D eigenvalue weighted by Gasteiger charge is 2.15. The zero-order valence-corrected chi connectivity index (χ0v) is 9.49. The number of fused-ring (bicyclic) bond motifs is 1. The van der Waals surface area contributed by atoms with Crippen molar-refractivity contribution in [3.05, 3.63) is 29.0 Å². The van der Waals surface area contributed by atoms with Crippen LogP contribution in [0.25, 0.3) is 5.43 Å². The number of hydrogen-bond acceptors (Lipinski definition) is 1. The third-order valence-electron chi connectivity index (χ3n) is 2.09. The molecule has 0 amide bonds. The predicted molar refractivity (Wildman–Crippen MR) is 60.1 cm³/mol. The molecule has 0 saturated carbocycles. The van der Waals surface area contributed by atoms with E-state index in [1.165, 1.54) is 5.70 Å². The van der Waals surface area contributed by atoms with Crippen LogP contribution in [0.4, 0.5) is 0 Å². The van der Waals surface area contributed by atoms with Crippen molar-refractivity contribution < 1.29 is 4.68 Å². The SMILES string of the molecule is CC.CN1C=[N+](C)[N-]C2=CCCC=C21. The van der Waals surface area contributed by atoms with Gasteiger partial charge in [0.1, 0.15) is 5.70 Å². The van der Waals surface area contributed by atoms with E-state index in [9.17, 15) is 0 Å². The van der Waals surface area contributed by atoms with Gasteiger partial charge in [0.25, 0.3) is 0 Å². The summed E-state index contributed by atoms with van der Waals surface area (Å²) in [6, 6.07) is 0. The van der Waals surface area contributed by atoms with Crippen LogP contribution in [0.2, 0.25) is 0 Å². The quantitative estimate of drug-likeness (QED) is 0.541. The first-order valence-electron chi connectivity index (χ1n) is 5.20. The van der Waals surface area contributed by atoms with Crippen molar-refractivity contribution in [3.8, 4) is 0 Å². The highest BCUT2D eigenvalue weighted by atomic mass is 15.5. The maximum atomic E-state index is 4.38. The lowest BCUT2D eigenvalue weighted by Crippen LogP contribution is -2.28. The molecule has 3 heteroatoms. The molecule has 0 fully saturated rings. The van der Waals surface area contributed by atoms with Gasteiger partial charge >= 0.3 is 0 Å². The zero-order chi connectivity index (χ0) is 10.6. The van der Waals surface area contributed by atoms with Crippen LogP contribution in [0.5, 0.6) is 0 Å². The molecule has 0 aromatic heterocycles. The molecule has 1 aliphatic carbocycles.